The molecule has 1 aromatic rings. The van der Waals surface area contributed by atoms with Crippen LogP contribution < -0.4 is 0 Å². The molecule has 0 unspecified atom stereocenters. The third kappa shape index (κ3) is 2.96. The zero-order valence-electron chi connectivity index (χ0n) is 9.59. The molecular formula is C11H10ClN3O3. The molecule has 0 bridgehead atoms. The average molecular weight is 268 g/mol. The van der Waals surface area contributed by atoms with Crippen LogP contribution in [0.15, 0.2) is 18.2 Å². The molecule has 0 atom stereocenters. The summed E-state index contributed by atoms with van der Waals surface area (Å²) in [5.41, 5.74) is -0.0285. The van der Waals surface area contributed by atoms with Crippen molar-refractivity contribution in [3.05, 3.63) is 38.9 Å². The molecule has 7 heteroatoms. The second-order valence-electron chi connectivity index (χ2n) is 3.40. The zero-order chi connectivity index (χ0) is 13.7. The van der Waals surface area contributed by atoms with Gasteiger partial charge in [-0.2, -0.15) is 5.26 Å². The Morgan fingerprint density at radius 1 is 1.61 bits per heavy atom. The van der Waals surface area contributed by atoms with Crippen LogP contribution in [0.25, 0.3) is 0 Å². The number of nitro groups is 1. The summed E-state index contributed by atoms with van der Waals surface area (Å²) in [5.74, 6) is -0.379. The third-order valence-corrected chi connectivity index (χ3v) is 2.62. The normalized spacial score (nSPS) is 9.61. The number of hydrogen-bond donors (Lipinski definition) is 0. The lowest BCUT2D eigenvalue weighted by Gasteiger charge is -2.17. The zero-order valence-corrected chi connectivity index (χ0v) is 10.3. The topological polar surface area (TPSA) is 87.2 Å². The fourth-order valence-electron chi connectivity index (χ4n) is 1.38. The first-order valence-corrected chi connectivity index (χ1v) is 5.49. The smallest absolute Gasteiger partial charge is 0.287 e. The third-order valence-electron chi connectivity index (χ3n) is 2.32. The lowest BCUT2D eigenvalue weighted by atomic mass is 10.2. The second-order valence-corrected chi connectivity index (χ2v) is 3.81. The van der Waals surface area contributed by atoms with Gasteiger partial charge in [0.15, 0.2) is 0 Å². The van der Waals surface area contributed by atoms with Crippen molar-refractivity contribution < 1.29 is 9.72 Å². The van der Waals surface area contributed by atoms with Gasteiger partial charge in [0, 0.05) is 18.2 Å². The second kappa shape index (κ2) is 5.98. The number of nitro benzene ring substituents is 1. The predicted molar refractivity (Wildman–Crippen MR) is 65.3 cm³/mol. The minimum atomic E-state index is -0.622. The summed E-state index contributed by atoms with van der Waals surface area (Å²) in [5, 5.41) is 19.1. The van der Waals surface area contributed by atoms with E-state index in [1.54, 1.807) is 6.92 Å². The number of carbonyl (C=O) groups excluding carboxylic acids is 1. The Balaban J connectivity index is 3.05. The van der Waals surface area contributed by atoms with Crippen molar-refractivity contribution in [2.75, 3.05) is 13.1 Å². The maximum atomic E-state index is 11.9. The van der Waals surface area contributed by atoms with Crippen molar-refractivity contribution in [2.45, 2.75) is 6.92 Å². The quantitative estimate of drug-likeness (QED) is 0.475. The predicted octanol–water partition coefficient (Wildman–Crippen LogP) is 2.23. The first-order chi connectivity index (χ1) is 8.51. The van der Waals surface area contributed by atoms with E-state index < -0.39 is 4.92 Å². The van der Waals surface area contributed by atoms with Gasteiger partial charge >= 0.3 is 0 Å². The van der Waals surface area contributed by atoms with Gasteiger partial charge in [-0.15, -0.1) is 0 Å². The maximum absolute atomic E-state index is 11.9. The minimum absolute atomic E-state index is 0.0378. The van der Waals surface area contributed by atoms with Crippen molar-refractivity contribution in [1.82, 2.24) is 4.90 Å². The van der Waals surface area contributed by atoms with E-state index in [-0.39, 0.29) is 28.7 Å². The maximum Gasteiger partial charge on any atom is 0.287 e. The van der Waals surface area contributed by atoms with E-state index in [1.165, 1.54) is 23.1 Å². The Hall–Kier alpha value is -2.13. The number of hydrogen-bond acceptors (Lipinski definition) is 4. The molecule has 6 nitrogen and oxygen atoms in total. The standard InChI is InChI=1S/C11H10ClN3O3/c1-2-14(6-5-13)11(16)8-3-4-10(15(17)18)9(12)7-8/h3-4,7H,2,6H2,1H3. The lowest BCUT2D eigenvalue weighted by molar-refractivity contribution is -0.384. The summed E-state index contributed by atoms with van der Waals surface area (Å²) in [6, 6.07) is 5.62. The summed E-state index contributed by atoms with van der Waals surface area (Å²) >= 11 is 5.72. The van der Waals surface area contributed by atoms with Crippen molar-refractivity contribution in [2.24, 2.45) is 0 Å². The van der Waals surface area contributed by atoms with E-state index in [0.717, 1.165) is 0 Å². The molecular weight excluding hydrogens is 258 g/mol. The summed E-state index contributed by atoms with van der Waals surface area (Å²) in [4.78, 5) is 23.2. The summed E-state index contributed by atoms with van der Waals surface area (Å²) in [6.45, 7) is 2.08. The SMILES string of the molecule is CCN(CC#N)C(=O)c1ccc([N+](=O)[O-])c(Cl)c1. The monoisotopic (exact) mass is 267 g/mol. The summed E-state index contributed by atoms with van der Waals surface area (Å²) in [7, 11) is 0. The van der Waals surface area contributed by atoms with Crippen molar-refractivity contribution in [1.29, 1.82) is 5.26 Å². The molecule has 0 saturated heterocycles. The molecule has 0 N–H and O–H groups in total. The average Bonchev–Trinajstić information content (AvgIpc) is 2.34. The van der Waals surface area contributed by atoms with Crippen LogP contribution >= 0.6 is 11.6 Å². The van der Waals surface area contributed by atoms with Crippen molar-refractivity contribution in [3.8, 4) is 6.07 Å². The Morgan fingerprint density at radius 2 is 2.28 bits per heavy atom. The van der Waals surface area contributed by atoms with Crippen LogP contribution in [0.2, 0.25) is 5.02 Å². The van der Waals surface area contributed by atoms with Gasteiger partial charge in [-0.1, -0.05) is 11.6 Å². The van der Waals surface area contributed by atoms with Gasteiger partial charge in [-0.05, 0) is 19.1 Å². The van der Waals surface area contributed by atoms with Crippen LogP contribution in [0.4, 0.5) is 5.69 Å². The largest absolute Gasteiger partial charge is 0.326 e. The van der Waals surface area contributed by atoms with E-state index >= 15 is 0 Å². The van der Waals surface area contributed by atoms with Crippen LogP contribution in [0, 0.1) is 21.4 Å². The van der Waals surface area contributed by atoms with Gasteiger partial charge < -0.3 is 4.90 Å². The van der Waals surface area contributed by atoms with Gasteiger partial charge in [0.05, 0.1) is 11.0 Å². The van der Waals surface area contributed by atoms with E-state index in [2.05, 4.69) is 0 Å². The van der Waals surface area contributed by atoms with Crippen LogP contribution in [-0.4, -0.2) is 28.8 Å². The molecule has 0 saturated carbocycles. The van der Waals surface area contributed by atoms with Crippen LogP contribution in [-0.2, 0) is 0 Å². The number of nitrogens with zero attached hydrogens (tertiary/aromatic N) is 3. The molecule has 0 radical (unpaired) electrons. The first-order valence-electron chi connectivity index (χ1n) is 5.11. The van der Waals surface area contributed by atoms with Crippen LogP contribution in [0.5, 0.6) is 0 Å². The lowest BCUT2D eigenvalue weighted by Crippen LogP contribution is -2.31. The van der Waals surface area contributed by atoms with E-state index in [9.17, 15) is 14.9 Å². The van der Waals surface area contributed by atoms with Gasteiger partial charge in [-0.25, -0.2) is 0 Å². The van der Waals surface area contributed by atoms with Gasteiger partial charge in [-0.3, -0.25) is 14.9 Å². The Kier molecular flexibility index (Phi) is 4.63. The molecule has 0 aliphatic rings. The number of amides is 1. The van der Waals surface area contributed by atoms with Crippen LogP contribution in [0.1, 0.15) is 17.3 Å². The number of carbonyl (C=O) groups is 1. The van der Waals surface area contributed by atoms with Crippen molar-refractivity contribution >= 4 is 23.2 Å². The molecule has 1 amide bonds. The fraction of sp³-hybridized carbons (Fsp3) is 0.273. The number of nitriles is 1. The van der Waals surface area contributed by atoms with E-state index in [1.807, 2.05) is 6.07 Å². The molecule has 1 rings (SSSR count). The van der Waals surface area contributed by atoms with Crippen LogP contribution in [0.3, 0.4) is 0 Å². The van der Waals surface area contributed by atoms with E-state index in [4.69, 9.17) is 16.9 Å². The Labute approximate surface area is 109 Å². The summed E-state index contributed by atoms with van der Waals surface area (Å²) < 4.78 is 0. The molecule has 94 valence electrons. The first kappa shape index (κ1) is 13.9. The van der Waals surface area contributed by atoms with Gasteiger partial charge in [0.25, 0.3) is 11.6 Å². The summed E-state index contributed by atoms with van der Waals surface area (Å²) in [6.07, 6.45) is 0. The molecule has 0 aromatic heterocycles. The van der Waals surface area contributed by atoms with Gasteiger partial charge in [0.2, 0.25) is 0 Å². The molecule has 0 aliphatic heterocycles. The number of halogens is 1. The Morgan fingerprint density at radius 3 is 2.72 bits per heavy atom. The highest BCUT2D eigenvalue weighted by Gasteiger charge is 2.18. The highest BCUT2D eigenvalue weighted by molar-refractivity contribution is 6.33. The van der Waals surface area contributed by atoms with Crippen molar-refractivity contribution in [3.63, 3.8) is 0 Å². The molecule has 0 aliphatic carbocycles. The highest BCUT2D eigenvalue weighted by Crippen LogP contribution is 2.25. The molecule has 18 heavy (non-hydrogen) atoms. The Bertz CT molecular complexity index is 525. The number of benzene rings is 1. The van der Waals surface area contributed by atoms with E-state index in [0.29, 0.717) is 6.54 Å². The molecule has 0 spiro atoms. The highest BCUT2D eigenvalue weighted by atomic mass is 35.5. The molecule has 1 aromatic carbocycles. The number of rotatable bonds is 4. The fourth-order valence-corrected chi connectivity index (χ4v) is 1.63. The van der Waals surface area contributed by atoms with Gasteiger partial charge in [0.1, 0.15) is 11.6 Å². The minimum Gasteiger partial charge on any atom is -0.326 e. The molecule has 0 heterocycles. The molecule has 0 fully saturated rings.